The van der Waals surface area contributed by atoms with Gasteiger partial charge in [0.2, 0.25) is 5.89 Å². The summed E-state index contributed by atoms with van der Waals surface area (Å²) in [6.07, 6.45) is 4.75. The van der Waals surface area contributed by atoms with Gasteiger partial charge in [-0.15, -0.1) is 0 Å². The summed E-state index contributed by atoms with van der Waals surface area (Å²) in [7, 11) is 0. The van der Waals surface area contributed by atoms with Crippen LogP contribution in [0.2, 0.25) is 0 Å². The molecule has 0 saturated heterocycles. The van der Waals surface area contributed by atoms with Crippen LogP contribution >= 0.6 is 0 Å². The number of amides is 1. The lowest BCUT2D eigenvalue weighted by Crippen LogP contribution is -2.30. The smallest absolute Gasteiger partial charge is 0.273 e. The minimum Gasteiger partial charge on any atom is -0.447 e. The van der Waals surface area contributed by atoms with E-state index < -0.39 is 0 Å². The van der Waals surface area contributed by atoms with Gasteiger partial charge in [-0.3, -0.25) is 14.7 Å². The lowest BCUT2D eigenvalue weighted by Gasteiger charge is -2.25. The molecule has 0 spiro atoms. The molecule has 0 atom stereocenters. The van der Waals surface area contributed by atoms with E-state index in [2.05, 4.69) is 34.0 Å². The molecule has 146 valence electrons. The van der Waals surface area contributed by atoms with Crippen molar-refractivity contribution in [3.63, 3.8) is 0 Å². The molecule has 0 aliphatic carbocycles. The molecule has 0 fully saturated rings. The molecule has 1 amide bonds. The molecular weight excluding hydrogens is 359 g/mol. The molecule has 3 rings (SSSR count). The van der Waals surface area contributed by atoms with Gasteiger partial charge in [0, 0.05) is 31.5 Å². The van der Waals surface area contributed by atoms with Gasteiger partial charge in [0.15, 0.2) is 5.69 Å². The maximum absolute atomic E-state index is 13.1. The summed E-state index contributed by atoms with van der Waals surface area (Å²) in [5, 5.41) is 2.80. The molecule has 7 heteroatoms. The highest BCUT2D eigenvalue weighted by Gasteiger charge is 2.17. The number of rotatable bonds is 8. The van der Waals surface area contributed by atoms with E-state index in [4.69, 9.17) is 4.42 Å². The predicted molar refractivity (Wildman–Crippen MR) is 103 cm³/mol. The zero-order chi connectivity index (χ0) is 19.9. The van der Waals surface area contributed by atoms with E-state index in [1.54, 1.807) is 24.5 Å². The molecule has 3 aromatic rings. The number of carbonyl (C=O) groups excluding carboxylic acids is 1. The molecule has 0 aliphatic heterocycles. The molecule has 0 aliphatic rings. The third-order valence-electron chi connectivity index (χ3n) is 4.33. The number of nitrogens with one attached hydrogen (secondary N) is 1. The van der Waals surface area contributed by atoms with E-state index in [0.29, 0.717) is 25.5 Å². The first-order chi connectivity index (χ1) is 13.5. The van der Waals surface area contributed by atoms with E-state index in [-0.39, 0.29) is 23.5 Å². The SMILES string of the molecule is CC(C)N(Cc1ccc(F)cc1)Cc1nc(C(=O)NCc2cccnc2)co1. The second kappa shape index (κ2) is 9.23. The average Bonchev–Trinajstić information content (AvgIpc) is 3.17. The Labute approximate surface area is 163 Å². The van der Waals surface area contributed by atoms with E-state index in [1.165, 1.54) is 18.4 Å². The zero-order valence-electron chi connectivity index (χ0n) is 15.9. The molecule has 6 nitrogen and oxygen atoms in total. The van der Waals surface area contributed by atoms with Crippen molar-refractivity contribution in [2.75, 3.05) is 0 Å². The first-order valence-electron chi connectivity index (χ1n) is 9.11. The molecule has 28 heavy (non-hydrogen) atoms. The van der Waals surface area contributed by atoms with Crippen molar-refractivity contribution in [2.45, 2.75) is 39.5 Å². The van der Waals surface area contributed by atoms with Crippen molar-refractivity contribution < 1.29 is 13.6 Å². The van der Waals surface area contributed by atoms with Crippen LogP contribution < -0.4 is 5.32 Å². The van der Waals surface area contributed by atoms with Crippen LogP contribution in [0.5, 0.6) is 0 Å². The van der Waals surface area contributed by atoms with Gasteiger partial charge in [0.25, 0.3) is 5.91 Å². The summed E-state index contributed by atoms with van der Waals surface area (Å²) in [5.74, 6) is -0.0923. The number of oxazole rings is 1. The van der Waals surface area contributed by atoms with Gasteiger partial charge in [-0.2, -0.15) is 0 Å². The molecule has 0 unspecified atom stereocenters. The summed E-state index contributed by atoms with van der Waals surface area (Å²) in [4.78, 5) is 22.7. The molecule has 0 radical (unpaired) electrons. The fourth-order valence-electron chi connectivity index (χ4n) is 2.68. The predicted octanol–water partition coefficient (Wildman–Crippen LogP) is 3.55. The highest BCUT2D eigenvalue weighted by Crippen LogP contribution is 2.14. The van der Waals surface area contributed by atoms with Crippen molar-refractivity contribution in [1.29, 1.82) is 0 Å². The number of benzene rings is 1. The Morgan fingerprint density at radius 1 is 1.18 bits per heavy atom. The van der Waals surface area contributed by atoms with Crippen LogP contribution in [0.1, 0.15) is 41.4 Å². The normalized spacial score (nSPS) is 11.2. The van der Waals surface area contributed by atoms with Crippen LogP contribution in [0.3, 0.4) is 0 Å². The third-order valence-corrected chi connectivity index (χ3v) is 4.33. The number of hydrogen-bond donors (Lipinski definition) is 1. The Morgan fingerprint density at radius 3 is 2.64 bits per heavy atom. The molecule has 1 aromatic carbocycles. The number of hydrogen-bond acceptors (Lipinski definition) is 5. The van der Waals surface area contributed by atoms with E-state index in [1.807, 2.05) is 12.1 Å². The fraction of sp³-hybridized carbons (Fsp3) is 0.286. The van der Waals surface area contributed by atoms with Crippen LogP contribution in [0.4, 0.5) is 4.39 Å². The maximum Gasteiger partial charge on any atom is 0.273 e. The Kier molecular flexibility index (Phi) is 6.49. The number of pyridine rings is 1. The number of aromatic nitrogens is 2. The van der Waals surface area contributed by atoms with E-state index >= 15 is 0 Å². The topological polar surface area (TPSA) is 71.3 Å². The third kappa shape index (κ3) is 5.47. The van der Waals surface area contributed by atoms with Crippen LogP contribution in [0.25, 0.3) is 0 Å². The second-order valence-electron chi connectivity index (χ2n) is 6.80. The first-order valence-corrected chi connectivity index (χ1v) is 9.11. The number of carbonyl (C=O) groups is 1. The van der Waals surface area contributed by atoms with Crippen LogP contribution in [0.15, 0.2) is 59.5 Å². The fourth-order valence-corrected chi connectivity index (χ4v) is 2.68. The lowest BCUT2D eigenvalue weighted by molar-refractivity contribution is 0.0945. The van der Waals surface area contributed by atoms with Crippen molar-refractivity contribution in [2.24, 2.45) is 0 Å². The van der Waals surface area contributed by atoms with Crippen molar-refractivity contribution >= 4 is 5.91 Å². The van der Waals surface area contributed by atoms with Crippen LogP contribution in [0, 0.1) is 5.82 Å². The van der Waals surface area contributed by atoms with Crippen LogP contribution in [-0.2, 0) is 19.6 Å². The minimum absolute atomic E-state index is 0.222. The molecule has 2 aromatic heterocycles. The Morgan fingerprint density at radius 2 is 1.96 bits per heavy atom. The summed E-state index contributed by atoms with van der Waals surface area (Å²) in [5.41, 5.74) is 2.14. The maximum atomic E-state index is 13.1. The van der Waals surface area contributed by atoms with Gasteiger partial charge in [-0.25, -0.2) is 9.37 Å². The molecule has 1 N–H and O–H groups in total. The van der Waals surface area contributed by atoms with E-state index in [9.17, 15) is 9.18 Å². The average molecular weight is 382 g/mol. The van der Waals surface area contributed by atoms with Gasteiger partial charge >= 0.3 is 0 Å². The molecule has 0 bridgehead atoms. The van der Waals surface area contributed by atoms with Gasteiger partial charge in [0.05, 0.1) is 6.54 Å². The summed E-state index contributed by atoms with van der Waals surface area (Å²) in [6.45, 7) is 5.58. The quantitative estimate of drug-likeness (QED) is 0.645. The number of nitrogens with zero attached hydrogens (tertiary/aromatic N) is 3. The van der Waals surface area contributed by atoms with Crippen molar-refractivity contribution in [3.8, 4) is 0 Å². The summed E-state index contributed by atoms with van der Waals surface area (Å²) in [6, 6.07) is 10.3. The molecule has 0 saturated carbocycles. The lowest BCUT2D eigenvalue weighted by atomic mass is 10.2. The van der Waals surface area contributed by atoms with E-state index in [0.717, 1.165) is 11.1 Å². The van der Waals surface area contributed by atoms with Crippen LogP contribution in [-0.4, -0.2) is 26.8 Å². The van der Waals surface area contributed by atoms with Gasteiger partial charge in [-0.1, -0.05) is 18.2 Å². The van der Waals surface area contributed by atoms with Crippen molar-refractivity contribution in [3.05, 3.63) is 83.6 Å². The minimum atomic E-state index is -0.298. The largest absolute Gasteiger partial charge is 0.447 e. The first kappa shape index (κ1) is 19.7. The number of halogens is 1. The van der Waals surface area contributed by atoms with Gasteiger partial charge in [-0.05, 0) is 43.2 Å². The second-order valence-corrected chi connectivity index (χ2v) is 6.80. The van der Waals surface area contributed by atoms with Gasteiger partial charge < -0.3 is 9.73 Å². The molecule has 2 heterocycles. The highest BCUT2D eigenvalue weighted by atomic mass is 19.1. The zero-order valence-corrected chi connectivity index (χ0v) is 15.9. The monoisotopic (exact) mass is 382 g/mol. The highest BCUT2D eigenvalue weighted by molar-refractivity contribution is 5.91. The Bertz CT molecular complexity index is 894. The standard InChI is InChI=1S/C21H23FN4O2/c1-15(2)26(12-16-5-7-18(22)8-6-16)13-20-25-19(14-28-20)21(27)24-11-17-4-3-9-23-10-17/h3-10,14-15H,11-13H2,1-2H3,(H,24,27). The Hall–Kier alpha value is -3.06. The van der Waals surface area contributed by atoms with Crippen molar-refractivity contribution in [1.82, 2.24) is 20.2 Å². The Balaban J connectivity index is 1.59. The van der Waals surface area contributed by atoms with Gasteiger partial charge in [0.1, 0.15) is 12.1 Å². The molecular formula is C21H23FN4O2. The summed E-state index contributed by atoms with van der Waals surface area (Å²) >= 11 is 0. The summed E-state index contributed by atoms with van der Waals surface area (Å²) < 4.78 is 18.6.